The molecule has 2 heterocycles. The third-order valence-corrected chi connectivity index (χ3v) is 4.91. The molecule has 0 aliphatic rings. The van der Waals surface area contributed by atoms with Crippen LogP contribution in [0.2, 0.25) is 0 Å². The predicted molar refractivity (Wildman–Crippen MR) is 113 cm³/mol. The Bertz CT molecular complexity index is 1020. The van der Waals surface area contributed by atoms with Gasteiger partial charge < -0.3 is 16.8 Å². The predicted octanol–water partition coefficient (Wildman–Crippen LogP) is 3.02. The van der Waals surface area contributed by atoms with Gasteiger partial charge in [-0.2, -0.15) is 10.2 Å². The zero-order valence-electron chi connectivity index (χ0n) is 16.8. The van der Waals surface area contributed by atoms with Crippen molar-refractivity contribution in [3.63, 3.8) is 0 Å². The topological polar surface area (TPSA) is 115 Å². The normalized spacial score (nSPS) is 13.3. The van der Waals surface area contributed by atoms with Crippen molar-refractivity contribution >= 4 is 33.9 Å². The van der Waals surface area contributed by atoms with Crippen LogP contribution in [0.5, 0.6) is 0 Å². The van der Waals surface area contributed by atoms with E-state index in [4.69, 9.17) is 11.5 Å². The summed E-state index contributed by atoms with van der Waals surface area (Å²) in [5.74, 6) is -0.675. The molecule has 5 N–H and O–H groups in total. The molecule has 0 saturated heterocycles. The highest BCUT2D eigenvalue weighted by atomic mass is 19.2. The fourth-order valence-electron chi connectivity index (χ4n) is 3.32. The number of nitrogens with zero attached hydrogens (tertiary/aromatic N) is 4. The van der Waals surface area contributed by atoms with Crippen molar-refractivity contribution in [2.75, 3.05) is 10.4 Å². The molecule has 2 aromatic heterocycles. The molecule has 0 spiro atoms. The van der Waals surface area contributed by atoms with Crippen LogP contribution in [0, 0.1) is 0 Å². The van der Waals surface area contributed by atoms with Gasteiger partial charge in [-0.15, -0.1) is 0 Å². The lowest BCUT2D eigenvalue weighted by atomic mass is 10.0. The van der Waals surface area contributed by atoms with Gasteiger partial charge in [0.05, 0.1) is 34.8 Å². The summed E-state index contributed by atoms with van der Waals surface area (Å²) in [7, 11) is 1.79. The Balaban J connectivity index is 2.13. The van der Waals surface area contributed by atoms with E-state index in [1.807, 2.05) is 19.1 Å². The average Bonchev–Trinajstić information content (AvgIpc) is 3.07. The van der Waals surface area contributed by atoms with Crippen LogP contribution in [0.15, 0.2) is 36.8 Å². The first-order valence-corrected chi connectivity index (χ1v) is 9.51. The largest absolute Gasteiger partial charge is 0.379 e. The van der Waals surface area contributed by atoms with Gasteiger partial charge >= 0.3 is 0 Å². The number of pyridine rings is 1. The first-order valence-electron chi connectivity index (χ1n) is 9.51. The van der Waals surface area contributed by atoms with Crippen LogP contribution in [-0.2, 0) is 7.05 Å². The molecule has 154 valence electrons. The Hall–Kier alpha value is -3.20. The van der Waals surface area contributed by atoms with E-state index >= 15 is 4.48 Å². The molecule has 29 heavy (non-hydrogen) atoms. The van der Waals surface area contributed by atoms with Gasteiger partial charge in [-0.1, -0.05) is 17.8 Å². The van der Waals surface area contributed by atoms with Gasteiger partial charge in [0.25, 0.3) is 0 Å². The van der Waals surface area contributed by atoms with Crippen molar-refractivity contribution < 1.29 is 9.28 Å². The highest BCUT2D eigenvalue weighted by Crippen LogP contribution is 2.39. The first kappa shape index (κ1) is 20.5. The molecular formula is C20H26FN7O. The van der Waals surface area contributed by atoms with E-state index in [1.54, 1.807) is 17.9 Å². The van der Waals surface area contributed by atoms with Gasteiger partial charge in [0.1, 0.15) is 5.69 Å². The van der Waals surface area contributed by atoms with Crippen LogP contribution < -0.4 is 21.9 Å². The second-order valence-corrected chi connectivity index (χ2v) is 7.14. The Labute approximate surface area is 168 Å². The lowest BCUT2D eigenvalue weighted by Gasteiger charge is -2.26. The maximum atomic E-state index is 15.7. The molecule has 0 fully saturated rings. The Kier molecular flexibility index (Phi) is 5.97. The van der Waals surface area contributed by atoms with Gasteiger partial charge in [-0.3, -0.25) is 14.5 Å². The van der Waals surface area contributed by atoms with E-state index in [-0.39, 0.29) is 29.0 Å². The summed E-state index contributed by atoms with van der Waals surface area (Å²) < 4.78 is 17.4. The molecule has 1 aromatic carbocycles. The number of nitrogens with two attached hydrogens (primary N) is 2. The summed E-state index contributed by atoms with van der Waals surface area (Å²) in [5.41, 5.74) is 13.3. The highest BCUT2D eigenvalue weighted by Gasteiger charge is 2.22. The zero-order chi connectivity index (χ0) is 21.1. The van der Waals surface area contributed by atoms with E-state index < -0.39 is 5.91 Å². The zero-order valence-corrected chi connectivity index (χ0v) is 16.8. The molecular weight excluding hydrogens is 373 g/mol. The number of amides is 1. The number of halogens is 1. The second kappa shape index (κ2) is 8.44. The van der Waals surface area contributed by atoms with Crippen molar-refractivity contribution in [1.82, 2.24) is 14.8 Å². The number of nitrogens with one attached hydrogen (secondary N) is 1. The van der Waals surface area contributed by atoms with Crippen LogP contribution >= 0.6 is 0 Å². The monoisotopic (exact) mass is 399 g/mol. The lowest BCUT2D eigenvalue weighted by molar-refractivity contribution is 0.1000. The molecule has 9 heteroatoms. The summed E-state index contributed by atoms with van der Waals surface area (Å²) >= 11 is 0. The molecule has 0 aliphatic carbocycles. The summed E-state index contributed by atoms with van der Waals surface area (Å²) in [6.07, 6.45) is 6.02. The van der Waals surface area contributed by atoms with E-state index in [1.165, 1.54) is 18.5 Å². The molecule has 0 radical (unpaired) electrons. The smallest absolute Gasteiger partial charge is 0.250 e. The number of carbonyl (C=O) groups is 1. The van der Waals surface area contributed by atoms with Gasteiger partial charge in [0.2, 0.25) is 5.91 Å². The summed E-state index contributed by atoms with van der Waals surface area (Å²) in [6, 6.07) is 4.90. The van der Waals surface area contributed by atoms with Gasteiger partial charge in [0.15, 0.2) is 0 Å². The molecule has 3 aromatic rings. The quantitative estimate of drug-likeness (QED) is 0.502. The number of primary amides is 1. The maximum absolute atomic E-state index is 15.7. The Morgan fingerprint density at radius 1 is 1.34 bits per heavy atom. The number of rotatable bonds is 8. The number of hydrogen-bond donors (Lipinski definition) is 3. The van der Waals surface area contributed by atoms with Crippen LogP contribution in [0.3, 0.4) is 0 Å². The fourth-order valence-corrected chi connectivity index (χ4v) is 3.32. The van der Waals surface area contributed by atoms with E-state index in [0.717, 1.165) is 18.4 Å². The lowest BCUT2D eigenvalue weighted by Crippen LogP contribution is -2.38. The minimum absolute atomic E-state index is 0.0312. The van der Waals surface area contributed by atoms with Crippen molar-refractivity contribution in [3.05, 3.63) is 42.4 Å². The minimum atomic E-state index is -0.675. The Morgan fingerprint density at radius 3 is 2.76 bits per heavy atom. The molecule has 2 atom stereocenters. The standard InChI is InChI=1S/C20H26FN7O/c1-4-5-16(12(2)22)26-17-6-7-18-15(11-25-27(18)3)19(17)28(21)14-8-13(20(23)29)9-24-10-14/h6-12,16,26H,4-5,22H2,1-3H3,(H2,23,29)/t12-,16+/m0/s1. The average molecular weight is 399 g/mol. The molecule has 0 bridgehead atoms. The minimum Gasteiger partial charge on any atom is -0.379 e. The molecule has 1 amide bonds. The van der Waals surface area contributed by atoms with E-state index in [0.29, 0.717) is 16.2 Å². The third-order valence-electron chi connectivity index (χ3n) is 4.91. The first-order chi connectivity index (χ1) is 13.8. The van der Waals surface area contributed by atoms with E-state index in [9.17, 15) is 4.79 Å². The molecule has 0 saturated carbocycles. The van der Waals surface area contributed by atoms with Gasteiger partial charge in [-0.05, 0) is 31.5 Å². The van der Waals surface area contributed by atoms with Crippen LogP contribution in [0.4, 0.5) is 21.5 Å². The molecule has 0 unspecified atom stereocenters. The summed E-state index contributed by atoms with van der Waals surface area (Å²) in [6.45, 7) is 3.99. The van der Waals surface area contributed by atoms with Crippen LogP contribution in [0.25, 0.3) is 10.9 Å². The van der Waals surface area contributed by atoms with Crippen molar-refractivity contribution in [1.29, 1.82) is 0 Å². The second-order valence-electron chi connectivity index (χ2n) is 7.14. The van der Waals surface area contributed by atoms with Crippen molar-refractivity contribution in [3.8, 4) is 0 Å². The maximum Gasteiger partial charge on any atom is 0.250 e. The third kappa shape index (κ3) is 4.14. The number of aryl methyl sites for hydroxylation is 1. The van der Waals surface area contributed by atoms with Crippen LogP contribution in [-0.4, -0.2) is 32.8 Å². The van der Waals surface area contributed by atoms with Crippen molar-refractivity contribution in [2.45, 2.75) is 38.8 Å². The number of carbonyl (C=O) groups excluding carboxylic acids is 1. The molecule has 3 rings (SSSR count). The number of fused-ring (bicyclic) bond motifs is 1. The highest BCUT2D eigenvalue weighted by molar-refractivity contribution is 6.01. The SMILES string of the molecule is CCC[C@@H](Nc1ccc2c(cnn2C)c1N(F)c1cncc(C(N)=O)c1)[C@H](C)N. The fraction of sp³-hybridized carbons (Fsp3) is 0.350. The van der Waals surface area contributed by atoms with E-state index in [2.05, 4.69) is 22.3 Å². The number of anilines is 3. The molecule has 8 nitrogen and oxygen atoms in total. The van der Waals surface area contributed by atoms with Crippen molar-refractivity contribution in [2.24, 2.45) is 18.5 Å². The van der Waals surface area contributed by atoms with Crippen LogP contribution in [0.1, 0.15) is 37.0 Å². The summed E-state index contributed by atoms with van der Waals surface area (Å²) in [5, 5.41) is 8.74. The number of benzene rings is 1. The molecule has 0 aliphatic heterocycles. The summed E-state index contributed by atoms with van der Waals surface area (Å²) in [4.78, 5) is 15.4. The Morgan fingerprint density at radius 2 is 2.10 bits per heavy atom. The van der Waals surface area contributed by atoms with Gasteiger partial charge in [-0.25, -0.2) is 0 Å². The number of hydrogen-bond acceptors (Lipinski definition) is 6. The number of aromatic nitrogens is 3. The van der Waals surface area contributed by atoms with Gasteiger partial charge in [0, 0.05) is 30.7 Å².